The molecule has 1 saturated heterocycles. The second kappa shape index (κ2) is 10.1. The third-order valence-corrected chi connectivity index (χ3v) is 6.49. The van der Waals surface area contributed by atoms with Crippen LogP contribution in [-0.2, 0) is 14.6 Å². The number of nitrogens with zero attached hydrogens (tertiary/aromatic N) is 1. The van der Waals surface area contributed by atoms with E-state index in [1.807, 2.05) is 6.92 Å². The maximum Gasteiger partial charge on any atom is 0.191 e. The van der Waals surface area contributed by atoms with Gasteiger partial charge in [0.15, 0.2) is 15.8 Å². The molecule has 1 aliphatic rings. The summed E-state index contributed by atoms with van der Waals surface area (Å²) in [6, 6.07) is 0. The van der Waals surface area contributed by atoms with Gasteiger partial charge in [-0.3, -0.25) is 4.99 Å². The third kappa shape index (κ3) is 6.67. The summed E-state index contributed by atoms with van der Waals surface area (Å²) in [5.74, 6) is 0.707. The average molecular weight is 348 g/mol. The van der Waals surface area contributed by atoms with Crippen molar-refractivity contribution in [3.05, 3.63) is 0 Å². The molecule has 0 aromatic rings. The summed E-state index contributed by atoms with van der Waals surface area (Å²) >= 11 is 0. The van der Waals surface area contributed by atoms with Crippen molar-refractivity contribution >= 4 is 15.8 Å². The molecule has 1 aliphatic heterocycles. The molecule has 0 unspecified atom stereocenters. The van der Waals surface area contributed by atoms with E-state index in [1.54, 1.807) is 0 Å². The summed E-state index contributed by atoms with van der Waals surface area (Å²) in [5.41, 5.74) is 0. The lowest BCUT2D eigenvalue weighted by atomic mass is 9.99. The number of ether oxygens (including phenoxy) is 1. The first-order valence-electron chi connectivity index (χ1n) is 8.74. The second-order valence-electron chi connectivity index (χ2n) is 6.25. The van der Waals surface area contributed by atoms with Crippen molar-refractivity contribution in [1.82, 2.24) is 10.6 Å². The number of aliphatic imine (C=N–C) groups is 1. The molecule has 6 nitrogen and oxygen atoms in total. The molecule has 7 heteroatoms. The lowest BCUT2D eigenvalue weighted by Gasteiger charge is -2.34. The maximum atomic E-state index is 12.2. The van der Waals surface area contributed by atoms with Gasteiger partial charge in [-0.25, -0.2) is 8.42 Å². The van der Waals surface area contributed by atoms with Crippen LogP contribution >= 0.6 is 0 Å². The van der Waals surface area contributed by atoms with Crippen LogP contribution in [0, 0.1) is 0 Å². The zero-order chi connectivity index (χ0) is 17.2. The molecule has 136 valence electrons. The van der Waals surface area contributed by atoms with E-state index in [2.05, 4.69) is 22.5 Å². The zero-order valence-electron chi connectivity index (χ0n) is 14.9. The van der Waals surface area contributed by atoms with Gasteiger partial charge in [-0.1, -0.05) is 26.2 Å². The Hall–Kier alpha value is -0.820. The molecule has 0 spiro atoms. The van der Waals surface area contributed by atoms with Crippen molar-refractivity contribution in [2.45, 2.75) is 57.1 Å². The molecule has 0 bridgehead atoms. The van der Waals surface area contributed by atoms with Crippen molar-refractivity contribution in [3.63, 3.8) is 0 Å². The summed E-state index contributed by atoms with van der Waals surface area (Å²) in [6.07, 6.45) is 7.12. The van der Waals surface area contributed by atoms with Gasteiger partial charge in [0.1, 0.15) is 0 Å². The molecule has 0 amide bonds. The van der Waals surface area contributed by atoms with Gasteiger partial charge < -0.3 is 15.4 Å². The highest BCUT2D eigenvalue weighted by atomic mass is 32.2. The van der Waals surface area contributed by atoms with Crippen LogP contribution in [0.4, 0.5) is 0 Å². The van der Waals surface area contributed by atoms with E-state index >= 15 is 0 Å². The summed E-state index contributed by atoms with van der Waals surface area (Å²) in [5, 5.41) is 6.50. The first kappa shape index (κ1) is 20.2. The number of unbranched alkanes of at least 4 members (excludes halogenated alkanes) is 3. The Morgan fingerprint density at radius 1 is 1.13 bits per heavy atom. The number of hydrogen-bond donors (Lipinski definition) is 2. The van der Waals surface area contributed by atoms with Gasteiger partial charge in [0, 0.05) is 32.6 Å². The molecular formula is C16H33N3O3S. The highest BCUT2D eigenvalue weighted by molar-refractivity contribution is 7.92. The summed E-state index contributed by atoms with van der Waals surface area (Å²) in [6.45, 7) is 7.09. The minimum absolute atomic E-state index is 0.291. The van der Waals surface area contributed by atoms with Crippen LogP contribution in [0.25, 0.3) is 0 Å². The Kier molecular flexibility index (Phi) is 8.91. The van der Waals surface area contributed by atoms with Crippen molar-refractivity contribution in [2.24, 2.45) is 4.99 Å². The smallest absolute Gasteiger partial charge is 0.191 e. The fourth-order valence-electron chi connectivity index (χ4n) is 2.71. The largest absolute Gasteiger partial charge is 0.381 e. The van der Waals surface area contributed by atoms with Gasteiger partial charge in [0.05, 0.1) is 11.3 Å². The van der Waals surface area contributed by atoms with Gasteiger partial charge in [0.25, 0.3) is 0 Å². The third-order valence-electron chi connectivity index (χ3n) is 4.38. The van der Waals surface area contributed by atoms with Crippen LogP contribution < -0.4 is 10.6 Å². The molecule has 2 N–H and O–H groups in total. The van der Waals surface area contributed by atoms with Crippen LogP contribution in [0.2, 0.25) is 0 Å². The molecule has 1 heterocycles. The van der Waals surface area contributed by atoms with E-state index in [4.69, 9.17) is 4.74 Å². The van der Waals surface area contributed by atoms with Crippen LogP contribution in [-0.4, -0.2) is 58.2 Å². The van der Waals surface area contributed by atoms with Gasteiger partial charge in [-0.15, -0.1) is 0 Å². The van der Waals surface area contributed by atoms with Crippen molar-refractivity contribution in [1.29, 1.82) is 0 Å². The SMILES string of the molecule is CCCCCCNC(=NCC1(S(C)(=O)=O)CCOCC1)NCC. The normalized spacial score (nSPS) is 18.7. The molecule has 23 heavy (non-hydrogen) atoms. The summed E-state index contributed by atoms with van der Waals surface area (Å²) in [7, 11) is -3.17. The van der Waals surface area contributed by atoms with Crippen LogP contribution in [0.15, 0.2) is 4.99 Å². The Labute approximate surface area is 141 Å². The highest BCUT2D eigenvalue weighted by Gasteiger charge is 2.42. The van der Waals surface area contributed by atoms with E-state index in [0.29, 0.717) is 38.6 Å². The number of hydrogen-bond acceptors (Lipinski definition) is 4. The highest BCUT2D eigenvalue weighted by Crippen LogP contribution is 2.29. The van der Waals surface area contributed by atoms with Gasteiger partial charge in [0.2, 0.25) is 0 Å². The topological polar surface area (TPSA) is 79.8 Å². The van der Waals surface area contributed by atoms with Crippen molar-refractivity contribution in [2.75, 3.05) is 39.1 Å². The van der Waals surface area contributed by atoms with Crippen LogP contribution in [0.3, 0.4) is 0 Å². The van der Waals surface area contributed by atoms with Crippen molar-refractivity contribution < 1.29 is 13.2 Å². The molecular weight excluding hydrogens is 314 g/mol. The molecule has 0 aliphatic carbocycles. The second-order valence-corrected chi connectivity index (χ2v) is 8.66. The molecule has 1 fully saturated rings. The average Bonchev–Trinajstić information content (AvgIpc) is 2.52. The van der Waals surface area contributed by atoms with E-state index in [0.717, 1.165) is 19.5 Å². The molecule has 0 aromatic carbocycles. The van der Waals surface area contributed by atoms with Gasteiger partial charge in [-0.2, -0.15) is 0 Å². The lowest BCUT2D eigenvalue weighted by Crippen LogP contribution is -2.47. The Balaban J connectivity index is 2.65. The number of rotatable bonds is 9. The summed E-state index contributed by atoms with van der Waals surface area (Å²) in [4.78, 5) is 4.55. The number of guanidine groups is 1. The van der Waals surface area contributed by atoms with Gasteiger partial charge in [-0.05, 0) is 26.2 Å². The monoisotopic (exact) mass is 347 g/mol. The first-order chi connectivity index (χ1) is 10.9. The van der Waals surface area contributed by atoms with E-state index < -0.39 is 14.6 Å². The molecule has 0 radical (unpaired) electrons. The number of nitrogens with one attached hydrogen (secondary N) is 2. The van der Waals surface area contributed by atoms with Crippen molar-refractivity contribution in [3.8, 4) is 0 Å². The quantitative estimate of drug-likeness (QED) is 0.377. The molecule has 0 saturated carbocycles. The van der Waals surface area contributed by atoms with Crippen LogP contribution in [0.1, 0.15) is 52.4 Å². The van der Waals surface area contributed by atoms with Gasteiger partial charge >= 0.3 is 0 Å². The van der Waals surface area contributed by atoms with E-state index in [1.165, 1.54) is 25.5 Å². The van der Waals surface area contributed by atoms with Crippen LogP contribution in [0.5, 0.6) is 0 Å². The maximum absolute atomic E-state index is 12.2. The molecule has 0 atom stereocenters. The predicted octanol–water partition coefficient (Wildman–Crippen LogP) is 1.72. The summed E-state index contributed by atoms with van der Waals surface area (Å²) < 4.78 is 29.0. The zero-order valence-corrected chi connectivity index (χ0v) is 15.7. The Bertz CT molecular complexity index is 457. The fourth-order valence-corrected chi connectivity index (χ4v) is 3.92. The predicted molar refractivity (Wildman–Crippen MR) is 95.8 cm³/mol. The molecule has 1 rings (SSSR count). The van der Waals surface area contributed by atoms with E-state index in [9.17, 15) is 8.42 Å². The minimum atomic E-state index is -3.17. The lowest BCUT2D eigenvalue weighted by molar-refractivity contribution is 0.0768. The fraction of sp³-hybridized carbons (Fsp3) is 0.938. The Morgan fingerprint density at radius 2 is 1.83 bits per heavy atom. The minimum Gasteiger partial charge on any atom is -0.381 e. The Morgan fingerprint density at radius 3 is 2.39 bits per heavy atom. The number of sulfone groups is 1. The molecule has 0 aromatic heterocycles. The first-order valence-corrected chi connectivity index (χ1v) is 10.6. The van der Waals surface area contributed by atoms with E-state index in [-0.39, 0.29) is 0 Å². The standard InChI is InChI=1S/C16H33N3O3S/c1-4-6-7-8-11-18-15(17-5-2)19-14-16(23(3,20)21)9-12-22-13-10-16/h4-14H2,1-3H3,(H2,17,18,19).